The standard InChI is InChI=1S/C22H19F4N3O3/c23-21(24)31-14-9-7-13(18(12-14)32-22(25)26)8-10-19(30)29-11-3-6-17(29)20-27-15-4-1-2-5-16(15)28-20/h1-2,4-5,7-10,12,17,21-22H,3,6,11H2,(H,27,28). The van der Waals surface area contributed by atoms with Gasteiger partial charge < -0.3 is 19.4 Å². The third-order valence-corrected chi connectivity index (χ3v) is 5.09. The number of hydrogen-bond donors (Lipinski definition) is 1. The molecule has 0 aliphatic carbocycles. The number of imidazole rings is 1. The normalized spacial score (nSPS) is 16.6. The van der Waals surface area contributed by atoms with E-state index in [9.17, 15) is 22.4 Å². The van der Waals surface area contributed by atoms with Gasteiger partial charge in [-0.2, -0.15) is 17.6 Å². The molecule has 168 valence electrons. The van der Waals surface area contributed by atoms with Crippen LogP contribution in [-0.2, 0) is 4.79 Å². The minimum atomic E-state index is -3.17. The Morgan fingerprint density at radius 3 is 2.66 bits per heavy atom. The summed E-state index contributed by atoms with van der Waals surface area (Å²) in [4.78, 5) is 22.3. The van der Waals surface area contributed by atoms with Gasteiger partial charge in [-0.05, 0) is 43.2 Å². The molecule has 4 rings (SSSR count). The molecule has 0 spiro atoms. The van der Waals surface area contributed by atoms with Gasteiger partial charge in [-0.15, -0.1) is 0 Å². The van der Waals surface area contributed by atoms with Gasteiger partial charge in [-0.1, -0.05) is 12.1 Å². The molecule has 0 saturated carbocycles. The number of H-pyrrole nitrogens is 1. The summed E-state index contributed by atoms with van der Waals surface area (Å²) >= 11 is 0. The molecule has 1 saturated heterocycles. The summed E-state index contributed by atoms with van der Waals surface area (Å²) in [5, 5.41) is 0. The van der Waals surface area contributed by atoms with Crippen LogP contribution in [0.25, 0.3) is 17.1 Å². The van der Waals surface area contributed by atoms with E-state index in [0.29, 0.717) is 12.4 Å². The lowest BCUT2D eigenvalue weighted by Crippen LogP contribution is -2.29. The Bertz CT molecular complexity index is 1100. The summed E-state index contributed by atoms with van der Waals surface area (Å²) in [7, 11) is 0. The first-order valence-electron chi connectivity index (χ1n) is 9.87. The molecule has 2 aromatic carbocycles. The fourth-order valence-corrected chi connectivity index (χ4v) is 3.73. The van der Waals surface area contributed by atoms with Gasteiger partial charge in [0.2, 0.25) is 5.91 Å². The van der Waals surface area contributed by atoms with Gasteiger partial charge in [0.25, 0.3) is 0 Å². The van der Waals surface area contributed by atoms with Gasteiger partial charge >= 0.3 is 13.2 Å². The van der Waals surface area contributed by atoms with Crippen LogP contribution >= 0.6 is 0 Å². The van der Waals surface area contributed by atoms with Gasteiger partial charge in [0.05, 0.1) is 17.1 Å². The number of benzene rings is 2. The number of aromatic amines is 1. The highest BCUT2D eigenvalue weighted by Gasteiger charge is 2.31. The second kappa shape index (κ2) is 9.29. The van der Waals surface area contributed by atoms with Gasteiger partial charge in [0, 0.05) is 24.3 Å². The largest absolute Gasteiger partial charge is 0.435 e. The first-order valence-corrected chi connectivity index (χ1v) is 9.87. The summed E-state index contributed by atoms with van der Waals surface area (Å²) in [6, 6.07) is 10.7. The van der Waals surface area contributed by atoms with Gasteiger partial charge in [-0.3, -0.25) is 4.79 Å². The first kappa shape index (κ1) is 21.7. The predicted octanol–water partition coefficient (Wildman–Crippen LogP) is 5.14. The monoisotopic (exact) mass is 449 g/mol. The number of nitrogens with zero attached hydrogens (tertiary/aromatic N) is 2. The van der Waals surface area contributed by atoms with Crippen LogP contribution in [0.4, 0.5) is 17.6 Å². The fraction of sp³-hybridized carbons (Fsp3) is 0.273. The first-order chi connectivity index (χ1) is 15.4. The number of amides is 1. The van der Waals surface area contributed by atoms with Crippen molar-refractivity contribution >= 4 is 23.0 Å². The van der Waals surface area contributed by atoms with Crippen LogP contribution in [0.3, 0.4) is 0 Å². The van der Waals surface area contributed by atoms with Gasteiger partial charge in [0.15, 0.2) is 0 Å². The second-order valence-electron chi connectivity index (χ2n) is 7.12. The Labute approximate surface area is 180 Å². The van der Waals surface area contributed by atoms with Crippen LogP contribution in [0.1, 0.15) is 30.3 Å². The minimum Gasteiger partial charge on any atom is -0.435 e. The topological polar surface area (TPSA) is 67.5 Å². The molecule has 1 aromatic heterocycles. The van der Waals surface area contributed by atoms with Crippen LogP contribution < -0.4 is 9.47 Å². The molecule has 1 amide bonds. The van der Waals surface area contributed by atoms with Crippen molar-refractivity contribution in [2.75, 3.05) is 6.54 Å². The number of alkyl halides is 4. The summed E-state index contributed by atoms with van der Waals surface area (Å²) < 4.78 is 58.9. The fourth-order valence-electron chi connectivity index (χ4n) is 3.73. The number of para-hydroxylation sites is 2. The maximum Gasteiger partial charge on any atom is 0.387 e. The number of rotatable bonds is 7. The van der Waals surface area contributed by atoms with E-state index in [2.05, 4.69) is 19.4 Å². The van der Waals surface area contributed by atoms with Crippen LogP contribution in [0, 0.1) is 0 Å². The predicted molar refractivity (Wildman–Crippen MR) is 109 cm³/mol. The maximum atomic E-state index is 12.8. The van der Waals surface area contributed by atoms with Crippen molar-refractivity contribution in [3.05, 3.63) is 59.9 Å². The number of ether oxygens (including phenoxy) is 2. The van der Waals surface area contributed by atoms with E-state index in [1.54, 1.807) is 4.90 Å². The highest BCUT2D eigenvalue weighted by molar-refractivity contribution is 5.92. The lowest BCUT2D eigenvalue weighted by molar-refractivity contribution is -0.127. The van der Waals surface area contributed by atoms with Crippen molar-refractivity contribution in [1.29, 1.82) is 0 Å². The quantitative estimate of drug-likeness (QED) is 0.401. The lowest BCUT2D eigenvalue weighted by atomic mass is 10.1. The molecule has 1 fully saturated rings. The van der Waals surface area contributed by atoms with Gasteiger partial charge in [-0.25, -0.2) is 4.98 Å². The molecule has 10 heteroatoms. The highest BCUT2D eigenvalue weighted by Crippen LogP contribution is 2.32. The second-order valence-corrected chi connectivity index (χ2v) is 7.12. The van der Waals surface area contributed by atoms with E-state index >= 15 is 0 Å². The van der Waals surface area contributed by atoms with Crippen molar-refractivity contribution in [2.24, 2.45) is 0 Å². The molecule has 0 radical (unpaired) electrons. The van der Waals surface area contributed by atoms with E-state index < -0.39 is 13.2 Å². The lowest BCUT2D eigenvalue weighted by Gasteiger charge is -2.21. The van der Waals surface area contributed by atoms with E-state index in [1.807, 2.05) is 24.3 Å². The Kier molecular flexibility index (Phi) is 6.29. The smallest absolute Gasteiger partial charge is 0.387 e. The molecule has 1 N–H and O–H groups in total. The number of halogens is 4. The highest BCUT2D eigenvalue weighted by atomic mass is 19.3. The van der Waals surface area contributed by atoms with Crippen LogP contribution in [0.15, 0.2) is 48.5 Å². The molecule has 0 bridgehead atoms. The van der Waals surface area contributed by atoms with Crippen molar-refractivity contribution in [3.8, 4) is 11.5 Å². The number of nitrogens with one attached hydrogen (secondary N) is 1. The zero-order valence-electron chi connectivity index (χ0n) is 16.7. The summed E-state index contributed by atoms with van der Waals surface area (Å²) in [6.07, 6.45) is 4.07. The SMILES string of the molecule is O=C(C=Cc1ccc(OC(F)F)cc1OC(F)F)N1CCCC1c1nc2ccccc2[nH]1. The Morgan fingerprint density at radius 1 is 1.12 bits per heavy atom. The van der Waals surface area contributed by atoms with Crippen LogP contribution in [-0.4, -0.2) is 40.5 Å². The number of fused-ring (bicyclic) bond motifs is 1. The molecule has 32 heavy (non-hydrogen) atoms. The van der Waals surface area contributed by atoms with Crippen LogP contribution in [0.2, 0.25) is 0 Å². The van der Waals surface area contributed by atoms with E-state index in [4.69, 9.17) is 0 Å². The Hall–Kier alpha value is -3.56. The molecular weight excluding hydrogens is 430 g/mol. The average molecular weight is 449 g/mol. The third kappa shape index (κ3) is 4.84. The average Bonchev–Trinajstić information content (AvgIpc) is 3.39. The zero-order chi connectivity index (χ0) is 22.7. The van der Waals surface area contributed by atoms with E-state index in [-0.39, 0.29) is 29.0 Å². The van der Waals surface area contributed by atoms with Crippen molar-refractivity contribution in [2.45, 2.75) is 32.1 Å². The molecule has 6 nitrogen and oxygen atoms in total. The zero-order valence-corrected chi connectivity index (χ0v) is 16.7. The Balaban J connectivity index is 1.54. The number of hydrogen-bond acceptors (Lipinski definition) is 4. The van der Waals surface area contributed by atoms with Crippen LogP contribution in [0.5, 0.6) is 11.5 Å². The molecule has 1 unspecified atom stereocenters. The van der Waals surface area contributed by atoms with Crippen molar-refractivity contribution in [3.63, 3.8) is 0 Å². The molecule has 1 atom stereocenters. The number of carbonyl (C=O) groups is 1. The summed E-state index contributed by atoms with van der Waals surface area (Å²) in [5.74, 6) is -0.356. The molecule has 3 aromatic rings. The van der Waals surface area contributed by atoms with Crippen molar-refractivity contribution < 1.29 is 31.8 Å². The van der Waals surface area contributed by atoms with E-state index in [1.165, 1.54) is 24.3 Å². The third-order valence-electron chi connectivity index (χ3n) is 5.09. The van der Waals surface area contributed by atoms with Crippen molar-refractivity contribution in [1.82, 2.24) is 14.9 Å². The summed E-state index contributed by atoms with van der Waals surface area (Å²) in [5.41, 5.74) is 1.80. The molecule has 1 aliphatic heterocycles. The van der Waals surface area contributed by atoms with E-state index in [0.717, 1.165) is 29.9 Å². The number of carbonyl (C=O) groups excluding carboxylic acids is 1. The number of likely N-dealkylation sites (tertiary alicyclic amines) is 1. The molecule has 2 heterocycles. The minimum absolute atomic E-state index is 0.125. The maximum absolute atomic E-state index is 12.8. The molecule has 1 aliphatic rings. The number of aromatic nitrogens is 2. The Morgan fingerprint density at radius 2 is 1.91 bits per heavy atom. The summed E-state index contributed by atoms with van der Waals surface area (Å²) in [6.45, 7) is -5.76. The molecular formula is C22H19F4N3O3. The van der Waals surface area contributed by atoms with Gasteiger partial charge in [0.1, 0.15) is 17.3 Å².